The minimum atomic E-state index is -0.112. The maximum Gasteiger partial charge on any atom is 0.236 e. The molecule has 0 saturated carbocycles. The smallest absolute Gasteiger partial charge is 0.236 e. The van der Waals surface area contributed by atoms with E-state index in [1.54, 1.807) is 12.1 Å². The average Bonchev–Trinajstić information content (AvgIpc) is 3.20. The van der Waals surface area contributed by atoms with Crippen molar-refractivity contribution < 1.29 is 9.59 Å². The molecule has 1 aromatic heterocycles. The maximum absolute atomic E-state index is 12.5. The highest BCUT2D eigenvalue weighted by Crippen LogP contribution is 2.31. The number of hydrogen-bond acceptors (Lipinski definition) is 5. The topological polar surface area (TPSA) is 71.1 Å². The van der Waals surface area contributed by atoms with Gasteiger partial charge in [-0.2, -0.15) is 0 Å². The zero-order valence-corrected chi connectivity index (χ0v) is 21.7. The molecule has 2 amide bonds. The number of thiazole rings is 1. The summed E-state index contributed by atoms with van der Waals surface area (Å²) in [6, 6.07) is 22.8. The summed E-state index contributed by atoms with van der Waals surface area (Å²) in [7, 11) is 0. The summed E-state index contributed by atoms with van der Waals surface area (Å²) in [6.07, 6.45) is 0.274. The van der Waals surface area contributed by atoms with Crippen LogP contribution in [0.2, 0.25) is 5.02 Å². The second-order valence-corrected chi connectivity index (χ2v) is 10.7. The Morgan fingerprint density at radius 1 is 0.886 bits per heavy atom. The quantitative estimate of drug-likeness (QED) is 0.245. The summed E-state index contributed by atoms with van der Waals surface area (Å²) in [5.74, 6) is 0.0521. The van der Waals surface area contributed by atoms with Crippen molar-refractivity contribution in [1.82, 2.24) is 4.98 Å². The van der Waals surface area contributed by atoms with Crippen LogP contribution >= 0.6 is 34.7 Å². The highest BCUT2D eigenvalue weighted by molar-refractivity contribution is 8.00. The van der Waals surface area contributed by atoms with Crippen molar-refractivity contribution in [2.75, 3.05) is 16.4 Å². The van der Waals surface area contributed by atoms with Crippen molar-refractivity contribution in [2.24, 2.45) is 0 Å². The zero-order chi connectivity index (χ0) is 24.8. The highest BCUT2D eigenvalue weighted by atomic mass is 35.5. The molecule has 178 valence electrons. The Hall–Kier alpha value is -3.13. The number of anilines is 2. The molecule has 0 aliphatic rings. The Morgan fingerprint density at radius 3 is 2.26 bits per heavy atom. The minimum absolute atomic E-state index is 0.101. The fourth-order valence-corrected chi connectivity index (χ4v) is 5.04. The highest BCUT2D eigenvalue weighted by Gasteiger charge is 2.12. The molecule has 0 saturated heterocycles. The van der Waals surface area contributed by atoms with Crippen LogP contribution in [0.3, 0.4) is 0 Å². The van der Waals surface area contributed by atoms with Gasteiger partial charge in [0.15, 0.2) is 5.13 Å². The largest absolute Gasteiger partial charge is 0.326 e. The van der Waals surface area contributed by atoms with Gasteiger partial charge in [-0.1, -0.05) is 53.6 Å². The summed E-state index contributed by atoms with van der Waals surface area (Å²) < 4.78 is 0. The van der Waals surface area contributed by atoms with Gasteiger partial charge >= 0.3 is 0 Å². The van der Waals surface area contributed by atoms with Crippen LogP contribution in [-0.2, 0) is 16.0 Å². The number of carbonyl (C=O) groups excluding carboxylic acids is 2. The van der Waals surface area contributed by atoms with E-state index in [1.807, 2.05) is 62.4 Å². The van der Waals surface area contributed by atoms with E-state index < -0.39 is 0 Å². The van der Waals surface area contributed by atoms with Crippen LogP contribution in [0, 0.1) is 13.8 Å². The number of aromatic nitrogens is 1. The van der Waals surface area contributed by atoms with E-state index >= 15 is 0 Å². The minimum Gasteiger partial charge on any atom is -0.326 e. The zero-order valence-electron chi connectivity index (χ0n) is 19.3. The Balaban J connectivity index is 1.26. The number of hydrogen-bond donors (Lipinski definition) is 2. The summed E-state index contributed by atoms with van der Waals surface area (Å²) >= 11 is 8.78. The fraction of sp³-hybridized carbons (Fsp3) is 0.148. The molecule has 35 heavy (non-hydrogen) atoms. The van der Waals surface area contributed by atoms with Crippen molar-refractivity contribution in [2.45, 2.75) is 25.2 Å². The van der Waals surface area contributed by atoms with Crippen LogP contribution in [0.4, 0.5) is 10.8 Å². The molecule has 0 radical (unpaired) electrons. The number of thioether (sulfide) groups is 1. The number of aryl methyl sites for hydroxylation is 2. The van der Waals surface area contributed by atoms with Crippen LogP contribution in [-0.4, -0.2) is 22.6 Å². The van der Waals surface area contributed by atoms with Crippen molar-refractivity contribution in [3.05, 3.63) is 93.8 Å². The number of nitrogens with zero attached hydrogens (tertiary/aromatic N) is 1. The second-order valence-electron chi connectivity index (χ2n) is 8.00. The first-order valence-electron chi connectivity index (χ1n) is 11.0. The van der Waals surface area contributed by atoms with Gasteiger partial charge in [0.05, 0.1) is 17.9 Å². The number of nitrogens with one attached hydrogen (secondary N) is 2. The lowest BCUT2D eigenvalue weighted by atomic mass is 10.1. The van der Waals surface area contributed by atoms with Crippen molar-refractivity contribution >= 4 is 57.3 Å². The molecule has 5 nitrogen and oxygen atoms in total. The van der Waals surface area contributed by atoms with E-state index in [4.69, 9.17) is 11.6 Å². The first-order valence-corrected chi connectivity index (χ1v) is 13.2. The van der Waals surface area contributed by atoms with Gasteiger partial charge in [0.25, 0.3) is 0 Å². The molecule has 0 spiro atoms. The molecule has 0 fully saturated rings. The van der Waals surface area contributed by atoms with Gasteiger partial charge < -0.3 is 10.6 Å². The Morgan fingerprint density at radius 2 is 1.57 bits per heavy atom. The predicted octanol–water partition coefficient (Wildman–Crippen LogP) is 6.99. The molecule has 4 aromatic rings. The van der Waals surface area contributed by atoms with Crippen LogP contribution in [0.1, 0.15) is 16.0 Å². The number of halogens is 1. The molecule has 0 bridgehead atoms. The van der Waals surface area contributed by atoms with E-state index in [0.29, 0.717) is 15.8 Å². The van der Waals surface area contributed by atoms with E-state index in [-0.39, 0.29) is 24.0 Å². The van der Waals surface area contributed by atoms with E-state index in [0.717, 1.165) is 26.6 Å². The van der Waals surface area contributed by atoms with Crippen molar-refractivity contribution in [3.8, 4) is 11.3 Å². The molecule has 8 heteroatoms. The van der Waals surface area contributed by atoms with Crippen molar-refractivity contribution in [1.29, 1.82) is 0 Å². The molecule has 2 N–H and O–H groups in total. The number of rotatable bonds is 8. The summed E-state index contributed by atoms with van der Waals surface area (Å²) in [4.78, 5) is 31.3. The van der Waals surface area contributed by atoms with E-state index in [1.165, 1.54) is 28.7 Å². The third-order valence-corrected chi connectivity index (χ3v) is 7.30. The number of benzene rings is 3. The maximum atomic E-state index is 12.5. The summed E-state index contributed by atoms with van der Waals surface area (Å²) in [5.41, 5.74) is 4.73. The van der Waals surface area contributed by atoms with Gasteiger partial charge in [-0.3, -0.25) is 9.59 Å². The molecule has 1 heterocycles. The monoisotopic (exact) mass is 521 g/mol. The fourth-order valence-electron chi connectivity index (χ4n) is 3.36. The first kappa shape index (κ1) is 25.0. The van der Waals surface area contributed by atoms with Gasteiger partial charge in [0.1, 0.15) is 0 Å². The molecule has 4 rings (SSSR count). The number of carbonyl (C=O) groups is 2. The van der Waals surface area contributed by atoms with Crippen LogP contribution < -0.4 is 10.6 Å². The van der Waals surface area contributed by atoms with E-state index in [9.17, 15) is 9.59 Å². The van der Waals surface area contributed by atoms with Gasteiger partial charge in [-0.15, -0.1) is 23.1 Å². The third-order valence-electron chi connectivity index (χ3n) is 5.15. The van der Waals surface area contributed by atoms with Crippen molar-refractivity contribution in [3.63, 3.8) is 0 Å². The van der Waals surface area contributed by atoms with Crippen LogP contribution in [0.25, 0.3) is 11.3 Å². The molecule has 0 atom stereocenters. The van der Waals surface area contributed by atoms with Gasteiger partial charge in [-0.05, 0) is 55.8 Å². The van der Waals surface area contributed by atoms with Crippen LogP contribution in [0.5, 0.6) is 0 Å². The molecule has 0 aliphatic heterocycles. The Labute approximate surface area is 218 Å². The lowest BCUT2D eigenvalue weighted by molar-refractivity contribution is -0.115. The molecule has 0 aliphatic carbocycles. The average molecular weight is 522 g/mol. The SMILES string of the molecule is Cc1ccc(-c2nc(NC(=O)CSc3ccc(NC(=O)Cc4ccc(Cl)cc4)cc3)sc2C)cc1. The normalized spacial score (nSPS) is 10.7. The number of amides is 2. The Bertz CT molecular complexity index is 1320. The molecular formula is C27H24ClN3O2S2. The van der Waals surface area contributed by atoms with Crippen LogP contribution in [0.15, 0.2) is 77.7 Å². The standard InChI is InChI=1S/C27H24ClN3O2S2/c1-17-3-7-20(8-4-17)26-18(2)35-27(31-26)30-25(33)16-34-23-13-11-22(12-14-23)29-24(32)15-19-5-9-21(28)10-6-19/h3-14H,15-16H2,1-2H3,(H,29,32)(H,30,31,33). The van der Waals surface area contributed by atoms with E-state index in [2.05, 4.69) is 27.8 Å². The summed E-state index contributed by atoms with van der Waals surface area (Å²) in [6.45, 7) is 4.06. The predicted molar refractivity (Wildman–Crippen MR) is 147 cm³/mol. The lowest BCUT2D eigenvalue weighted by Gasteiger charge is -2.07. The third kappa shape index (κ3) is 7.18. The van der Waals surface area contributed by atoms with Gasteiger partial charge in [0, 0.05) is 26.0 Å². The molecule has 0 unspecified atom stereocenters. The Kier molecular flexibility index (Phi) is 8.23. The molecular weight excluding hydrogens is 498 g/mol. The lowest BCUT2D eigenvalue weighted by Crippen LogP contribution is -2.14. The van der Waals surface area contributed by atoms with Gasteiger partial charge in [0.2, 0.25) is 11.8 Å². The van der Waals surface area contributed by atoms with Gasteiger partial charge in [-0.25, -0.2) is 4.98 Å². The second kappa shape index (κ2) is 11.5. The molecule has 3 aromatic carbocycles. The first-order chi connectivity index (χ1) is 16.9. The summed E-state index contributed by atoms with van der Waals surface area (Å²) in [5, 5.41) is 7.03.